The van der Waals surface area contributed by atoms with Gasteiger partial charge in [-0.05, 0) is 0 Å². The molecule has 0 amide bonds. The van der Waals surface area contributed by atoms with Gasteiger partial charge in [-0.2, -0.15) is 0 Å². The quantitative estimate of drug-likeness (QED) is 0.304. The molecule has 0 saturated carbocycles. The van der Waals surface area contributed by atoms with Gasteiger partial charge in [0.25, 0.3) is 0 Å². The largest absolute Gasteiger partial charge is 1.00 e. The molecule has 0 aliphatic heterocycles. The summed E-state index contributed by atoms with van der Waals surface area (Å²) in [7, 11) is 0. The van der Waals surface area contributed by atoms with E-state index in [1.807, 2.05) is 0 Å². The molecule has 26 heavy (non-hydrogen) atoms. The first-order valence-corrected chi connectivity index (χ1v) is 10.8. The SMILES string of the molecule is C1=C[CH]([Zr+3][c]2cccc3c2Cc2ccccc2-3)c2ccccc21.[F-].[F-].[F-]. The summed E-state index contributed by atoms with van der Waals surface area (Å²) in [4.78, 5) is 0. The molecule has 0 N–H and O–H groups in total. The van der Waals surface area contributed by atoms with Crippen LogP contribution in [0.4, 0.5) is 0 Å². The summed E-state index contributed by atoms with van der Waals surface area (Å²) in [6.45, 7) is 0. The van der Waals surface area contributed by atoms with Gasteiger partial charge in [-0.25, -0.2) is 0 Å². The Hall–Kier alpha value is -1.93. The maximum absolute atomic E-state index is 2.44. The average molecular weight is 429 g/mol. The van der Waals surface area contributed by atoms with E-state index in [0.717, 1.165) is 6.42 Å². The molecule has 0 nitrogen and oxygen atoms in total. The van der Waals surface area contributed by atoms with E-state index in [4.69, 9.17) is 0 Å². The van der Waals surface area contributed by atoms with E-state index >= 15 is 0 Å². The fourth-order valence-electron chi connectivity index (χ4n) is 3.84. The van der Waals surface area contributed by atoms with Crippen LogP contribution in [0, 0.1) is 0 Å². The fourth-order valence-corrected chi connectivity index (χ4v) is 7.61. The van der Waals surface area contributed by atoms with E-state index in [1.165, 1.54) is 22.3 Å². The van der Waals surface area contributed by atoms with Gasteiger partial charge in [0.2, 0.25) is 0 Å². The van der Waals surface area contributed by atoms with Crippen molar-refractivity contribution in [3.63, 3.8) is 0 Å². The summed E-state index contributed by atoms with van der Waals surface area (Å²) in [6, 6.07) is 24.8. The Balaban J connectivity index is 0.000000810. The van der Waals surface area contributed by atoms with Crippen LogP contribution >= 0.6 is 0 Å². The minimum atomic E-state index is -0.696. The summed E-state index contributed by atoms with van der Waals surface area (Å²) in [5.74, 6) is 0. The maximum Gasteiger partial charge on any atom is -1.00 e. The summed E-state index contributed by atoms with van der Waals surface area (Å²) in [6.07, 6.45) is 5.89. The van der Waals surface area contributed by atoms with Crippen LogP contribution in [0.1, 0.15) is 25.9 Å². The van der Waals surface area contributed by atoms with E-state index in [0.29, 0.717) is 3.63 Å². The number of benzene rings is 3. The van der Waals surface area contributed by atoms with Crippen molar-refractivity contribution in [3.05, 3.63) is 95.1 Å². The van der Waals surface area contributed by atoms with E-state index in [-0.39, 0.29) is 14.1 Å². The maximum atomic E-state index is 2.44. The second-order valence-corrected chi connectivity index (χ2v) is 9.84. The number of allylic oxidation sites excluding steroid dienone is 1. The van der Waals surface area contributed by atoms with Gasteiger partial charge in [0, 0.05) is 0 Å². The van der Waals surface area contributed by atoms with E-state index in [2.05, 4.69) is 78.9 Å². The van der Waals surface area contributed by atoms with Gasteiger partial charge in [-0.3, -0.25) is 0 Å². The zero-order valence-electron chi connectivity index (χ0n) is 13.9. The van der Waals surface area contributed by atoms with Crippen LogP contribution in [0.2, 0.25) is 0 Å². The summed E-state index contributed by atoms with van der Waals surface area (Å²) in [5, 5.41) is 0. The van der Waals surface area contributed by atoms with Gasteiger partial charge in [0.05, 0.1) is 0 Å². The second-order valence-electron chi connectivity index (χ2n) is 6.28. The van der Waals surface area contributed by atoms with Gasteiger partial charge < -0.3 is 14.1 Å². The van der Waals surface area contributed by atoms with Crippen molar-refractivity contribution in [2.45, 2.75) is 10.0 Å². The fraction of sp³-hybridized carbons (Fsp3) is 0.0909. The number of halogens is 3. The average Bonchev–Trinajstić information content (AvgIpc) is 3.17. The van der Waals surface area contributed by atoms with E-state index < -0.39 is 23.2 Å². The van der Waals surface area contributed by atoms with Crippen LogP contribution in [0.15, 0.2) is 72.8 Å². The third-order valence-electron chi connectivity index (χ3n) is 4.96. The molecule has 3 aromatic rings. The van der Waals surface area contributed by atoms with E-state index in [9.17, 15) is 0 Å². The Kier molecular flexibility index (Phi) is 6.41. The van der Waals surface area contributed by atoms with Crippen molar-refractivity contribution in [1.82, 2.24) is 0 Å². The van der Waals surface area contributed by atoms with Crippen molar-refractivity contribution in [2.24, 2.45) is 0 Å². The smallest absolute Gasteiger partial charge is 1.00 e. The molecule has 129 valence electrons. The normalized spacial score (nSPS) is 14.7. The van der Waals surface area contributed by atoms with Gasteiger partial charge in [-0.1, -0.05) is 0 Å². The Morgan fingerprint density at radius 1 is 0.731 bits per heavy atom. The number of rotatable bonds is 2. The Labute approximate surface area is 162 Å². The molecule has 5 rings (SSSR count). The third kappa shape index (κ3) is 3.23. The first kappa shape index (κ1) is 20.4. The van der Waals surface area contributed by atoms with Crippen molar-refractivity contribution in [3.8, 4) is 11.1 Å². The molecule has 0 spiro atoms. The molecule has 0 bridgehead atoms. The van der Waals surface area contributed by atoms with E-state index in [1.54, 1.807) is 14.4 Å². The van der Waals surface area contributed by atoms with Crippen molar-refractivity contribution < 1.29 is 37.3 Å². The van der Waals surface area contributed by atoms with Crippen LogP contribution in [0.5, 0.6) is 0 Å². The molecule has 0 heterocycles. The minimum absolute atomic E-state index is 0. The monoisotopic (exact) mass is 427 g/mol. The zero-order chi connectivity index (χ0) is 15.2. The third-order valence-corrected chi connectivity index (χ3v) is 8.88. The van der Waals surface area contributed by atoms with Crippen molar-refractivity contribution in [2.75, 3.05) is 0 Å². The first-order chi connectivity index (χ1) is 11.4. The molecule has 2 aliphatic rings. The molecule has 3 aromatic carbocycles. The molecular weight excluding hydrogens is 412 g/mol. The zero-order valence-corrected chi connectivity index (χ0v) is 16.4. The van der Waals surface area contributed by atoms with Gasteiger partial charge in [0.15, 0.2) is 0 Å². The molecule has 1 atom stereocenters. The topological polar surface area (TPSA) is 0 Å². The standard InChI is InChI=1S/C13H9.C9H7.3FH.Zr/c1-3-7-12-10(5-1)9-11-6-2-4-8-13(11)12;1-2-5-9-7-3-6-8(9)4-1;;;;/h1-5,7-8H,9H2;1-7H;3*1H;/q;;;;;+3/p-3. The molecule has 1 unspecified atom stereocenters. The van der Waals surface area contributed by atoms with Crippen LogP contribution in [0.25, 0.3) is 17.2 Å². The van der Waals surface area contributed by atoms with Crippen LogP contribution in [-0.2, 0) is 29.7 Å². The van der Waals surface area contributed by atoms with Gasteiger partial charge >= 0.3 is 149 Å². The summed E-state index contributed by atoms with van der Waals surface area (Å²) < 4.78 is 2.36. The Bertz CT molecular complexity index is 950. The number of fused-ring (bicyclic) bond motifs is 4. The Morgan fingerprint density at radius 2 is 1.46 bits per heavy atom. The van der Waals surface area contributed by atoms with Gasteiger partial charge in [0.1, 0.15) is 0 Å². The minimum Gasteiger partial charge on any atom is -1.00 e. The molecule has 0 fully saturated rings. The second kappa shape index (κ2) is 8.18. The Morgan fingerprint density at radius 3 is 2.35 bits per heavy atom. The summed E-state index contributed by atoms with van der Waals surface area (Å²) in [5.41, 5.74) is 9.01. The molecule has 0 radical (unpaired) electrons. The number of hydrogen-bond donors (Lipinski definition) is 0. The molecule has 0 saturated heterocycles. The summed E-state index contributed by atoms with van der Waals surface area (Å²) >= 11 is -0.696. The predicted molar refractivity (Wildman–Crippen MR) is 92.5 cm³/mol. The van der Waals surface area contributed by atoms with Crippen LogP contribution in [-0.4, -0.2) is 0 Å². The van der Waals surface area contributed by atoms with Crippen molar-refractivity contribution in [1.29, 1.82) is 0 Å². The molecule has 2 aliphatic carbocycles. The van der Waals surface area contributed by atoms with Gasteiger partial charge in [-0.15, -0.1) is 0 Å². The first-order valence-electron chi connectivity index (χ1n) is 8.14. The molecule has 0 aromatic heterocycles. The molecular formula is C22H16F3Zr. The molecule has 4 heteroatoms. The van der Waals surface area contributed by atoms with Crippen LogP contribution in [0.3, 0.4) is 0 Å². The van der Waals surface area contributed by atoms with Crippen LogP contribution < -0.4 is 17.4 Å². The number of hydrogen-bond acceptors (Lipinski definition) is 0. The van der Waals surface area contributed by atoms with Crippen molar-refractivity contribution >= 4 is 9.35 Å². The predicted octanol–water partition coefficient (Wildman–Crippen LogP) is -4.25.